The Bertz CT molecular complexity index is 6810. The Kier molecular flexibility index (Phi) is 36.8. The second-order valence-electron chi connectivity index (χ2n) is 32.2. The molecule has 12 aromatic carbocycles. The normalized spacial score (nSPS) is 12.5. The fourth-order valence-corrected chi connectivity index (χ4v) is 16.9. The smallest absolute Gasteiger partial charge is 0.256 e. The molecule has 0 aromatic heterocycles. The van der Waals surface area contributed by atoms with Crippen LogP contribution in [0.1, 0.15) is 166 Å². The Balaban J connectivity index is 0.000000167. The zero-order chi connectivity index (χ0) is 101. The minimum atomic E-state index is -0.737. The Labute approximate surface area is 844 Å². The molecule has 23 nitrogen and oxygen atoms in total. The molecule has 722 valence electrons. The molecule has 15 rings (SSSR count). The largest absolute Gasteiger partial charge is 0.496 e. The van der Waals surface area contributed by atoms with Crippen molar-refractivity contribution in [2.45, 2.75) is 64.7 Å². The van der Waals surface area contributed by atoms with E-state index >= 15 is 4.39 Å². The molecule has 4 amide bonds. The van der Waals surface area contributed by atoms with Crippen LogP contribution in [-0.4, -0.2) is 159 Å². The lowest BCUT2D eigenvalue weighted by Gasteiger charge is -2.29. The van der Waals surface area contributed by atoms with Gasteiger partial charge in [0, 0.05) is 195 Å². The van der Waals surface area contributed by atoms with Crippen molar-refractivity contribution < 1.29 is 74.9 Å². The third-order valence-electron chi connectivity index (χ3n) is 22.8. The zero-order valence-electron chi connectivity index (χ0n) is 76.1. The number of amidine groups is 3. The van der Waals surface area contributed by atoms with E-state index in [1.807, 2.05) is 21.7 Å². The first-order chi connectivity index (χ1) is 67.0. The van der Waals surface area contributed by atoms with E-state index in [2.05, 4.69) is 26.3 Å². The number of carbonyl (C=O) groups excluding carboxylic acids is 8. The highest BCUT2D eigenvalue weighted by Crippen LogP contribution is 2.37. The molecule has 3 heterocycles. The fraction of sp³-hybridized carbons (Fsp3) is 0.200. The number of ether oxygens (including phenoxy) is 4. The van der Waals surface area contributed by atoms with Gasteiger partial charge in [-0.2, -0.15) is 0 Å². The maximum absolute atomic E-state index is 15.1. The molecule has 2 saturated heterocycles. The lowest BCUT2D eigenvalue weighted by Crippen LogP contribution is -2.35. The van der Waals surface area contributed by atoms with Crippen molar-refractivity contribution in [2.75, 3.05) is 96.0 Å². The van der Waals surface area contributed by atoms with Gasteiger partial charge in [-0.25, -0.2) is 17.6 Å². The molecule has 140 heavy (non-hydrogen) atoms. The second kappa shape index (κ2) is 48.9. The summed E-state index contributed by atoms with van der Waals surface area (Å²) in [4.78, 5) is 115. The predicted molar refractivity (Wildman–Crippen MR) is 544 cm³/mol. The van der Waals surface area contributed by atoms with Gasteiger partial charge in [-0.05, 0) is 239 Å². The molecule has 0 atom stereocenters. The van der Waals surface area contributed by atoms with E-state index < -0.39 is 70.0 Å². The van der Waals surface area contributed by atoms with E-state index in [1.54, 1.807) is 115 Å². The molecule has 0 aliphatic carbocycles. The summed E-state index contributed by atoms with van der Waals surface area (Å²) >= 11 is 48.4. The number of rotatable bonds is 28. The Hall–Kier alpha value is -13.5. The van der Waals surface area contributed by atoms with Crippen molar-refractivity contribution in [2.24, 2.45) is 4.99 Å². The van der Waals surface area contributed by atoms with Crippen molar-refractivity contribution in [3.8, 4) is 23.0 Å². The molecule has 35 heteroatoms. The van der Waals surface area contributed by atoms with Crippen molar-refractivity contribution in [1.82, 2.24) is 14.7 Å². The highest BCUT2D eigenvalue weighted by molar-refractivity contribution is 6.34. The van der Waals surface area contributed by atoms with Gasteiger partial charge in [0.2, 0.25) is 0 Å². The number of benzene rings is 12. The molecule has 0 bridgehead atoms. The van der Waals surface area contributed by atoms with Gasteiger partial charge in [0.15, 0.2) is 23.1 Å². The van der Waals surface area contributed by atoms with E-state index in [0.29, 0.717) is 83.0 Å². The molecular weight excluding hydrogens is 1970 g/mol. The van der Waals surface area contributed by atoms with Crippen LogP contribution in [0.5, 0.6) is 23.0 Å². The van der Waals surface area contributed by atoms with Crippen LogP contribution in [0.2, 0.25) is 40.2 Å². The van der Waals surface area contributed by atoms with Gasteiger partial charge in [-0.15, -0.1) is 0 Å². The number of hydrogen-bond acceptors (Lipinski definition) is 17. The number of ketones is 4. The number of nitrogens with zero attached hydrogens (tertiary/aromatic N) is 4. The SMILES string of the molecule is COc1cc(Cl)cc(C(=O)Nc2ccc(Cl)cc2)c1CC(=O)c1ccc(C(=N)N2CCCC2)cc1F.COc1cc(Cl)cc(C(=O)Nc2ccc(Cl)cc2)c1CC(=O)c1ccc(C(=N)N2CCCCC2)cc1F.COc1cc(Cl)cc(C(=O)Nc2ccc(Cl)cc2)c1CC(=O)c1ccc(C(C)=N)cc1F.COc1cc(Cl)cc(C(=O)Nc2ccc(Cl)cc2)c1CC(=O)c1ccc(C2=NCCN2C)cc1F. The van der Waals surface area contributed by atoms with Gasteiger partial charge in [-0.3, -0.25) is 54.2 Å². The molecule has 3 aliphatic heterocycles. The highest BCUT2D eigenvalue weighted by atomic mass is 35.5. The Morgan fingerprint density at radius 3 is 0.829 bits per heavy atom. The first-order valence-electron chi connectivity index (χ1n) is 43.5. The average molecular weight is 2060 g/mol. The standard InChI is InChI=1S/C28H26Cl2FN3O3.C27H24Cl2FN3O3.C26H22Cl2FN3O3.C24H19Cl2FN2O3/c1-37-26-15-19(30)14-23(28(36)33-20-8-6-18(29)7-9-20)22(26)16-25(35)21-10-5-17(13-24(21)31)27(32)34-11-3-2-4-12-34;1-36-25-14-18(29)13-22(27(35)32-19-7-5-17(28)6-8-19)21(25)15-24(34)20-9-4-16(12-23(20)30)26(31)33-10-2-3-11-33;1-32-10-9-30-25(32)15-3-8-19(22(29)11-15)23(33)14-20-21(12-17(28)13-24(20)35-2)26(34)31-18-6-4-16(27)5-7-18;1-13(28)14-3-8-18(21(27)9-14)22(30)12-19-20(10-16(26)11-23(19)32-2)24(31)29-17-6-4-15(25)5-7-17/h5-10,13-15,32H,2-4,11-12,16H2,1H3,(H,33,36);4-9,12-14,31H,2-3,10-11,15H2,1H3,(H,32,35);3-8,11-13H,9-10,14H2,1-2H3,(H,31,34);3-11,28H,12H2,1-2H3,(H,29,31). The number of likely N-dealkylation sites (N-methyl/N-ethyl adjacent to an activating group) is 1. The molecule has 7 N–H and O–H groups in total. The van der Waals surface area contributed by atoms with Gasteiger partial charge < -0.3 is 60.3 Å². The number of carbonyl (C=O) groups is 8. The number of aliphatic imine (C=N–C) groups is 1. The topological polar surface area (TPSA) is 315 Å². The first-order valence-corrected chi connectivity index (χ1v) is 46.5. The number of anilines is 4. The third kappa shape index (κ3) is 27.4. The van der Waals surface area contributed by atoms with Crippen LogP contribution < -0.4 is 40.2 Å². The van der Waals surface area contributed by atoms with Gasteiger partial charge in [0.25, 0.3) is 23.6 Å². The number of piperidine rings is 1. The number of halogens is 12. The molecule has 0 saturated carbocycles. The summed E-state index contributed by atoms with van der Waals surface area (Å²) in [6, 6.07) is 54.7. The quantitative estimate of drug-likeness (QED) is 0.0104. The predicted octanol–water partition coefficient (Wildman–Crippen LogP) is 24.6. The van der Waals surface area contributed by atoms with E-state index in [4.69, 9.17) is 128 Å². The number of nitrogens with one attached hydrogen (secondary N) is 7. The van der Waals surface area contributed by atoms with E-state index in [0.717, 1.165) is 70.9 Å². The zero-order valence-corrected chi connectivity index (χ0v) is 82.2. The van der Waals surface area contributed by atoms with Crippen molar-refractivity contribution in [3.63, 3.8) is 0 Å². The van der Waals surface area contributed by atoms with Crippen LogP contribution >= 0.6 is 92.8 Å². The number of likely N-dealkylation sites (tertiary alicyclic amines) is 2. The van der Waals surface area contributed by atoms with Crippen LogP contribution in [0.25, 0.3) is 0 Å². The van der Waals surface area contributed by atoms with Crippen LogP contribution in [0.15, 0.2) is 223 Å². The lowest BCUT2D eigenvalue weighted by atomic mass is 9.96. The van der Waals surface area contributed by atoms with E-state index in [9.17, 15) is 51.5 Å². The summed E-state index contributed by atoms with van der Waals surface area (Å²) < 4.78 is 81.1. The third-order valence-corrected chi connectivity index (χ3v) is 24.7. The molecule has 0 unspecified atom stereocenters. The number of hydrogen-bond donors (Lipinski definition) is 7. The minimum absolute atomic E-state index is 0.0870. The summed E-state index contributed by atoms with van der Waals surface area (Å²) in [7, 11) is 7.49. The van der Waals surface area contributed by atoms with Crippen molar-refractivity contribution in [3.05, 3.63) is 371 Å². The fourth-order valence-electron chi connectivity index (χ4n) is 15.6. The van der Waals surface area contributed by atoms with Crippen LogP contribution in [0, 0.1) is 39.5 Å². The van der Waals surface area contributed by atoms with Crippen LogP contribution in [0.3, 0.4) is 0 Å². The molecule has 2 fully saturated rings. The highest BCUT2D eigenvalue weighted by Gasteiger charge is 2.31. The Morgan fingerprint density at radius 2 is 0.579 bits per heavy atom. The maximum atomic E-state index is 15.1. The van der Waals surface area contributed by atoms with E-state index in [1.165, 1.54) is 132 Å². The number of amides is 4. The molecule has 12 aromatic rings. The number of Topliss-reactive ketones (excluding diaryl/α,β-unsaturated/α-hetero) is 4. The van der Waals surface area contributed by atoms with Gasteiger partial charge in [0.05, 0.1) is 57.2 Å². The number of methoxy groups -OCH3 is 4. The minimum Gasteiger partial charge on any atom is -0.496 e. The molecular formula is C105H91Cl8F4N11O12. The molecule has 0 radical (unpaired) electrons. The summed E-state index contributed by atoms with van der Waals surface area (Å²) in [6.45, 7) is 5.98. The summed E-state index contributed by atoms with van der Waals surface area (Å²) in [5, 5.41) is 38.4. The maximum Gasteiger partial charge on any atom is 0.256 e. The van der Waals surface area contributed by atoms with Crippen molar-refractivity contribution >= 4 is 186 Å². The van der Waals surface area contributed by atoms with Gasteiger partial charge in [-0.1, -0.05) is 117 Å². The van der Waals surface area contributed by atoms with Crippen LogP contribution in [0.4, 0.5) is 40.3 Å². The van der Waals surface area contributed by atoms with Crippen LogP contribution in [-0.2, 0) is 25.7 Å². The molecule has 0 spiro atoms. The average Bonchev–Trinajstić information content (AvgIpc) is 1.39. The lowest BCUT2D eigenvalue weighted by molar-refractivity contribution is 0.0976. The summed E-state index contributed by atoms with van der Waals surface area (Å²) in [5.41, 5.74) is 5.23. The second-order valence-corrected chi connectivity index (χ2v) is 35.7. The van der Waals surface area contributed by atoms with E-state index in [-0.39, 0.29) is 147 Å². The Morgan fingerprint density at radius 1 is 0.321 bits per heavy atom. The summed E-state index contributed by atoms with van der Waals surface area (Å²) in [5.74, 6) is -4.81. The summed E-state index contributed by atoms with van der Waals surface area (Å²) in [6.07, 6.45) is 3.99. The first kappa shape index (κ1) is 105. The van der Waals surface area contributed by atoms with Gasteiger partial charge >= 0.3 is 0 Å². The van der Waals surface area contributed by atoms with Gasteiger partial charge in [0.1, 0.15) is 63.8 Å². The molecule has 3 aliphatic rings. The monoisotopic (exact) mass is 2050 g/mol. The van der Waals surface area contributed by atoms with Crippen molar-refractivity contribution in [1.29, 1.82) is 16.2 Å².